The maximum Gasteiger partial charge on any atom is 0.168 e. The number of hydrazine groups is 1. The lowest BCUT2D eigenvalue weighted by atomic mass is 10.0. The van der Waals surface area contributed by atoms with Gasteiger partial charge in [-0.25, -0.2) is 15.8 Å². The van der Waals surface area contributed by atoms with E-state index in [1.165, 1.54) is 16.2 Å². The number of hydrogen-bond donors (Lipinski definition) is 1. The summed E-state index contributed by atoms with van der Waals surface area (Å²) in [6.07, 6.45) is 5.78. The van der Waals surface area contributed by atoms with Crippen LogP contribution in [0.2, 0.25) is 0 Å². The highest BCUT2D eigenvalue weighted by Crippen LogP contribution is 2.28. The minimum atomic E-state index is 0. The average Bonchev–Trinajstić information content (AvgIpc) is 3.18. The van der Waals surface area contributed by atoms with Crippen molar-refractivity contribution in [3.05, 3.63) is 39.6 Å². The van der Waals surface area contributed by atoms with Crippen LogP contribution in [0, 0.1) is 0 Å². The summed E-state index contributed by atoms with van der Waals surface area (Å²) in [5.41, 5.74) is 3.56. The van der Waals surface area contributed by atoms with Crippen LogP contribution in [0.5, 0.6) is 0 Å². The van der Waals surface area contributed by atoms with E-state index in [4.69, 9.17) is 10.6 Å². The molecule has 0 atom stereocenters. The van der Waals surface area contributed by atoms with E-state index < -0.39 is 0 Å². The van der Waals surface area contributed by atoms with Crippen LogP contribution in [0.4, 0.5) is 0 Å². The van der Waals surface area contributed by atoms with E-state index in [0.717, 1.165) is 37.5 Å². The predicted octanol–water partition coefficient (Wildman–Crippen LogP) is 2.55. The summed E-state index contributed by atoms with van der Waals surface area (Å²) in [4.78, 5) is 11.0. The SMILES string of the molecule is CC1=CN(N)C2=NCN(CCOCCCc3nccs3)C2=C1C.Cl. The highest BCUT2D eigenvalue weighted by Gasteiger charge is 2.29. The van der Waals surface area contributed by atoms with Gasteiger partial charge in [0, 0.05) is 37.3 Å². The zero-order valence-corrected chi connectivity index (χ0v) is 15.7. The number of hydrogen-bond acceptors (Lipinski definition) is 7. The Morgan fingerprint density at radius 2 is 2.17 bits per heavy atom. The number of nitrogens with zero attached hydrogens (tertiary/aromatic N) is 4. The molecule has 132 valence electrons. The zero-order chi connectivity index (χ0) is 16.2. The fraction of sp³-hybridized carbons (Fsp3) is 0.500. The Morgan fingerprint density at radius 3 is 2.92 bits per heavy atom. The summed E-state index contributed by atoms with van der Waals surface area (Å²) in [6, 6.07) is 0. The molecule has 3 heterocycles. The Morgan fingerprint density at radius 1 is 1.33 bits per heavy atom. The third kappa shape index (κ3) is 4.16. The van der Waals surface area contributed by atoms with E-state index >= 15 is 0 Å². The van der Waals surface area contributed by atoms with E-state index in [-0.39, 0.29) is 12.4 Å². The average molecular weight is 370 g/mol. The molecule has 2 N–H and O–H groups in total. The van der Waals surface area contributed by atoms with Crippen molar-refractivity contribution < 1.29 is 4.74 Å². The number of nitrogens with two attached hydrogens (primary N) is 1. The van der Waals surface area contributed by atoms with Gasteiger partial charge in [-0.1, -0.05) is 0 Å². The van der Waals surface area contributed by atoms with Gasteiger partial charge in [0.05, 0.1) is 17.3 Å². The number of ether oxygens (including phenoxy) is 1. The number of rotatable bonds is 7. The number of halogens is 1. The molecule has 0 aliphatic carbocycles. The van der Waals surface area contributed by atoms with Gasteiger partial charge < -0.3 is 9.64 Å². The normalized spacial score (nSPS) is 16.8. The van der Waals surface area contributed by atoms with Gasteiger partial charge in [-0.2, -0.15) is 0 Å². The number of aromatic nitrogens is 1. The van der Waals surface area contributed by atoms with E-state index in [1.54, 1.807) is 16.3 Å². The molecule has 0 spiro atoms. The summed E-state index contributed by atoms with van der Waals surface area (Å²) in [5, 5.41) is 4.81. The first-order valence-electron chi connectivity index (χ1n) is 7.86. The smallest absolute Gasteiger partial charge is 0.168 e. The molecular formula is C16H24ClN5OS. The Bertz CT molecular complexity index is 641. The molecule has 0 unspecified atom stereocenters. The number of thiazole rings is 1. The molecule has 0 saturated heterocycles. The van der Waals surface area contributed by atoms with Crippen LogP contribution in [0.25, 0.3) is 0 Å². The van der Waals surface area contributed by atoms with E-state index in [2.05, 4.69) is 28.7 Å². The molecule has 0 saturated carbocycles. The van der Waals surface area contributed by atoms with E-state index in [9.17, 15) is 0 Å². The number of aliphatic imine (C=N–C) groups is 1. The Balaban J connectivity index is 0.00000208. The van der Waals surface area contributed by atoms with Crippen molar-refractivity contribution in [3.8, 4) is 0 Å². The van der Waals surface area contributed by atoms with Crippen LogP contribution in [-0.2, 0) is 11.2 Å². The number of amidine groups is 1. The molecule has 3 rings (SSSR count). The molecule has 6 nitrogen and oxygen atoms in total. The van der Waals surface area contributed by atoms with Crippen LogP contribution < -0.4 is 5.84 Å². The van der Waals surface area contributed by atoms with Gasteiger partial charge in [0.2, 0.25) is 0 Å². The van der Waals surface area contributed by atoms with Gasteiger partial charge in [-0.15, -0.1) is 23.7 Å². The van der Waals surface area contributed by atoms with Gasteiger partial charge in [-0.3, -0.25) is 5.01 Å². The van der Waals surface area contributed by atoms with Gasteiger partial charge >= 0.3 is 0 Å². The fourth-order valence-corrected chi connectivity index (χ4v) is 3.43. The van der Waals surface area contributed by atoms with Crippen LogP contribution in [0.15, 0.2) is 39.6 Å². The largest absolute Gasteiger partial charge is 0.380 e. The van der Waals surface area contributed by atoms with Gasteiger partial charge in [0.25, 0.3) is 0 Å². The summed E-state index contributed by atoms with van der Waals surface area (Å²) >= 11 is 1.70. The third-order valence-electron chi connectivity index (χ3n) is 4.11. The maximum absolute atomic E-state index is 6.00. The Labute approximate surface area is 153 Å². The van der Waals surface area contributed by atoms with Crippen molar-refractivity contribution in [1.82, 2.24) is 14.9 Å². The molecule has 2 aliphatic heterocycles. The predicted molar refractivity (Wildman–Crippen MR) is 100.0 cm³/mol. The van der Waals surface area contributed by atoms with Crippen molar-refractivity contribution in [2.24, 2.45) is 10.8 Å². The van der Waals surface area contributed by atoms with Crippen molar-refractivity contribution in [2.75, 3.05) is 26.4 Å². The molecule has 8 heteroatoms. The van der Waals surface area contributed by atoms with Crippen LogP contribution in [0.3, 0.4) is 0 Å². The number of aryl methyl sites for hydroxylation is 1. The molecule has 0 radical (unpaired) electrons. The first kappa shape index (κ1) is 18.9. The third-order valence-corrected chi connectivity index (χ3v) is 4.95. The van der Waals surface area contributed by atoms with Gasteiger partial charge in [0.15, 0.2) is 5.84 Å². The van der Waals surface area contributed by atoms with Crippen molar-refractivity contribution in [2.45, 2.75) is 26.7 Å². The summed E-state index contributed by atoms with van der Waals surface area (Å²) in [5.74, 6) is 6.86. The zero-order valence-electron chi connectivity index (χ0n) is 14.1. The maximum atomic E-state index is 6.00. The van der Waals surface area contributed by atoms with Gasteiger partial charge in [0.1, 0.15) is 6.67 Å². The summed E-state index contributed by atoms with van der Waals surface area (Å²) in [6.45, 7) is 7.14. The molecule has 0 aromatic carbocycles. The second-order valence-corrected chi connectivity index (χ2v) is 6.70. The number of allylic oxidation sites excluding steroid dienone is 2. The van der Waals surface area contributed by atoms with Crippen LogP contribution >= 0.6 is 23.7 Å². The minimum absolute atomic E-state index is 0. The first-order chi connectivity index (χ1) is 11.2. The van der Waals surface area contributed by atoms with Crippen LogP contribution in [0.1, 0.15) is 25.3 Å². The standard InChI is InChI=1S/C16H23N5OS.ClH/c1-12-10-21(17)16-15(13(12)2)20(11-19-16)6-8-22-7-3-4-14-18-5-9-23-14;/h5,9-10H,3-4,6-8,11,17H2,1-2H3;1H. The molecule has 1 aromatic rings. The topological polar surface area (TPSA) is 67.0 Å². The lowest BCUT2D eigenvalue weighted by molar-refractivity contribution is 0.115. The number of fused-ring (bicyclic) bond motifs is 1. The quantitative estimate of drug-likeness (QED) is 0.591. The molecule has 24 heavy (non-hydrogen) atoms. The van der Waals surface area contributed by atoms with Gasteiger partial charge in [-0.05, 0) is 31.4 Å². The molecule has 0 bridgehead atoms. The molecule has 0 amide bonds. The minimum Gasteiger partial charge on any atom is -0.380 e. The lowest BCUT2D eigenvalue weighted by Crippen LogP contribution is -2.39. The summed E-state index contributed by atoms with van der Waals surface area (Å²) in [7, 11) is 0. The summed E-state index contributed by atoms with van der Waals surface area (Å²) < 4.78 is 5.76. The van der Waals surface area contributed by atoms with Crippen LogP contribution in [-0.4, -0.2) is 47.2 Å². The first-order valence-corrected chi connectivity index (χ1v) is 8.74. The Hall–Kier alpha value is -1.41. The second kappa shape index (κ2) is 8.62. The molecule has 2 aliphatic rings. The highest BCUT2D eigenvalue weighted by molar-refractivity contribution is 7.09. The lowest BCUT2D eigenvalue weighted by Gasteiger charge is -2.28. The van der Waals surface area contributed by atoms with Crippen molar-refractivity contribution >= 4 is 29.6 Å². The van der Waals surface area contributed by atoms with E-state index in [1.807, 2.05) is 17.8 Å². The highest BCUT2D eigenvalue weighted by atomic mass is 35.5. The fourth-order valence-electron chi connectivity index (χ4n) is 2.76. The van der Waals surface area contributed by atoms with E-state index in [0.29, 0.717) is 13.3 Å². The van der Waals surface area contributed by atoms with Crippen molar-refractivity contribution in [1.29, 1.82) is 0 Å². The monoisotopic (exact) mass is 369 g/mol. The second-order valence-electron chi connectivity index (χ2n) is 5.72. The molecular weight excluding hydrogens is 346 g/mol. The van der Waals surface area contributed by atoms with Crippen molar-refractivity contribution in [3.63, 3.8) is 0 Å². The molecule has 1 aromatic heterocycles. The Kier molecular flexibility index (Phi) is 6.79. The molecule has 0 fully saturated rings.